The summed E-state index contributed by atoms with van der Waals surface area (Å²) in [6, 6.07) is 12.8. The van der Waals surface area contributed by atoms with Crippen molar-refractivity contribution in [2.75, 3.05) is 24.3 Å². The summed E-state index contributed by atoms with van der Waals surface area (Å²) in [4.78, 5) is 2.04. The molecule has 0 saturated heterocycles. The maximum atomic E-state index is 13.7. The minimum Gasteiger partial charge on any atom is -0.378 e. The smallest absolute Gasteiger partial charge is 0.147 e. The summed E-state index contributed by atoms with van der Waals surface area (Å²) in [6.07, 6.45) is 0. The molecule has 2 aromatic carbocycles. The van der Waals surface area contributed by atoms with Gasteiger partial charge in [-0.3, -0.25) is 0 Å². The molecule has 2 nitrogen and oxygen atoms in total. The second kappa shape index (κ2) is 6.14. The maximum absolute atomic E-state index is 13.7. The molecular formula is C16H18ClFN2. The highest BCUT2D eigenvalue weighted by Crippen LogP contribution is 2.25. The van der Waals surface area contributed by atoms with E-state index in [1.165, 1.54) is 6.07 Å². The minimum absolute atomic E-state index is 0.0156. The third kappa shape index (κ3) is 3.42. The highest BCUT2D eigenvalue weighted by atomic mass is 35.5. The summed E-state index contributed by atoms with van der Waals surface area (Å²) in [7, 11) is 4.00. The van der Waals surface area contributed by atoms with Crippen molar-refractivity contribution in [3.63, 3.8) is 0 Å². The van der Waals surface area contributed by atoms with Crippen LogP contribution in [-0.2, 0) is 0 Å². The Kier molecular flexibility index (Phi) is 4.50. The molecular weight excluding hydrogens is 275 g/mol. The highest BCUT2D eigenvalue weighted by Gasteiger charge is 2.09. The molecule has 0 aliphatic rings. The molecule has 0 radical (unpaired) electrons. The molecule has 2 rings (SSSR count). The number of rotatable bonds is 4. The van der Waals surface area contributed by atoms with Gasteiger partial charge in [0, 0.05) is 30.8 Å². The molecule has 0 spiro atoms. The Morgan fingerprint density at radius 2 is 1.75 bits per heavy atom. The molecule has 4 heteroatoms. The molecule has 0 aliphatic heterocycles. The fraction of sp³-hybridized carbons (Fsp3) is 0.250. The predicted molar refractivity (Wildman–Crippen MR) is 84.2 cm³/mol. The van der Waals surface area contributed by atoms with E-state index >= 15 is 0 Å². The fourth-order valence-corrected chi connectivity index (χ4v) is 2.14. The fourth-order valence-electron chi connectivity index (χ4n) is 1.98. The zero-order valence-corrected chi connectivity index (χ0v) is 12.6. The van der Waals surface area contributed by atoms with Gasteiger partial charge in [-0.25, -0.2) is 4.39 Å². The molecule has 0 fully saturated rings. The first-order chi connectivity index (χ1) is 9.47. The lowest BCUT2D eigenvalue weighted by Crippen LogP contribution is -2.10. The van der Waals surface area contributed by atoms with Gasteiger partial charge in [-0.15, -0.1) is 0 Å². The van der Waals surface area contributed by atoms with Crippen LogP contribution in [0.25, 0.3) is 0 Å². The molecule has 0 amide bonds. The molecule has 0 aliphatic carbocycles. The van der Waals surface area contributed by atoms with Crippen molar-refractivity contribution in [3.8, 4) is 0 Å². The van der Waals surface area contributed by atoms with Crippen LogP contribution in [0.5, 0.6) is 0 Å². The van der Waals surface area contributed by atoms with Crippen LogP contribution in [0.1, 0.15) is 18.5 Å². The van der Waals surface area contributed by atoms with E-state index in [4.69, 9.17) is 11.6 Å². The van der Waals surface area contributed by atoms with Crippen LogP contribution in [0, 0.1) is 5.82 Å². The number of halogens is 2. The maximum Gasteiger partial charge on any atom is 0.147 e. The lowest BCUT2D eigenvalue weighted by Gasteiger charge is -2.18. The van der Waals surface area contributed by atoms with E-state index in [9.17, 15) is 4.39 Å². The van der Waals surface area contributed by atoms with Gasteiger partial charge in [0.2, 0.25) is 0 Å². The van der Waals surface area contributed by atoms with Gasteiger partial charge >= 0.3 is 0 Å². The van der Waals surface area contributed by atoms with E-state index in [1.54, 1.807) is 12.1 Å². The van der Waals surface area contributed by atoms with Crippen LogP contribution in [0.2, 0.25) is 5.02 Å². The second-order valence-corrected chi connectivity index (χ2v) is 5.41. The monoisotopic (exact) mass is 292 g/mol. The van der Waals surface area contributed by atoms with Crippen molar-refractivity contribution in [1.29, 1.82) is 0 Å². The summed E-state index contributed by atoms with van der Waals surface area (Å²) in [6.45, 7) is 2.00. The SMILES string of the molecule is CC(Nc1ccc(Cl)cc1F)c1ccc(N(C)C)cc1. The van der Waals surface area contributed by atoms with E-state index < -0.39 is 0 Å². The molecule has 0 saturated carbocycles. The Labute approximate surface area is 124 Å². The quantitative estimate of drug-likeness (QED) is 0.877. The number of anilines is 2. The first-order valence-electron chi connectivity index (χ1n) is 6.46. The second-order valence-electron chi connectivity index (χ2n) is 4.98. The third-order valence-corrected chi connectivity index (χ3v) is 3.45. The molecule has 0 bridgehead atoms. The van der Waals surface area contributed by atoms with E-state index in [0.29, 0.717) is 10.7 Å². The Balaban J connectivity index is 2.13. The normalized spacial score (nSPS) is 12.1. The molecule has 20 heavy (non-hydrogen) atoms. The van der Waals surface area contributed by atoms with Gasteiger partial charge in [-0.2, -0.15) is 0 Å². The van der Waals surface area contributed by atoms with Gasteiger partial charge in [-0.1, -0.05) is 23.7 Å². The summed E-state index contributed by atoms with van der Waals surface area (Å²) >= 11 is 5.75. The van der Waals surface area contributed by atoms with Gasteiger partial charge in [0.1, 0.15) is 5.82 Å². The van der Waals surface area contributed by atoms with Gasteiger partial charge in [0.05, 0.1) is 5.69 Å². The lowest BCUT2D eigenvalue weighted by molar-refractivity contribution is 0.627. The average Bonchev–Trinajstić information content (AvgIpc) is 2.42. The molecule has 0 heterocycles. The van der Waals surface area contributed by atoms with E-state index in [2.05, 4.69) is 5.32 Å². The lowest BCUT2D eigenvalue weighted by atomic mass is 10.1. The molecule has 106 valence electrons. The van der Waals surface area contributed by atoms with Gasteiger partial charge in [-0.05, 0) is 42.8 Å². The van der Waals surface area contributed by atoms with Crippen molar-refractivity contribution in [1.82, 2.24) is 0 Å². The van der Waals surface area contributed by atoms with Crippen molar-refractivity contribution < 1.29 is 4.39 Å². The largest absolute Gasteiger partial charge is 0.378 e. The summed E-state index contributed by atoms with van der Waals surface area (Å²) in [5.41, 5.74) is 2.70. The van der Waals surface area contributed by atoms with Crippen molar-refractivity contribution in [2.24, 2.45) is 0 Å². The third-order valence-electron chi connectivity index (χ3n) is 3.21. The van der Waals surface area contributed by atoms with Gasteiger partial charge in [0.15, 0.2) is 0 Å². The first kappa shape index (κ1) is 14.7. The number of benzene rings is 2. The van der Waals surface area contributed by atoms with Gasteiger partial charge in [0.25, 0.3) is 0 Å². The summed E-state index contributed by atoms with van der Waals surface area (Å²) in [5.74, 6) is -0.339. The topological polar surface area (TPSA) is 15.3 Å². The zero-order chi connectivity index (χ0) is 14.7. The van der Waals surface area contributed by atoms with Crippen LogP contribution in [0.15, 0.2) is 42.5 Å². The highest BCUT2D eigenvalue weighted by molar-refractivity contribution is 6.30. The van der Waals surface area contributed by atoms with Crippen LogP contribution in [0.3, 0.4) is 0 Å². The minimum atomic E-state index is -0.339. The van der Waals surface area contributed by atoms with Crippen LogP contribution >= 0.6 is 11.6 Å². The number of nitrogens with one attached hydrogen (secondary N) is 1. The molecule has 1 unspecified atom stereocenters. The summed E-state index contributed by atoms with van der Waals surface area (Å²) in [5, 5.41) is 3.55. The van der Waals surface area contributed by atoms with Crippen molar-refractivity contribution >= 4 is 23.0 Å². The molecule has 1 atom stereocenters. The Bertz CT molecular complexity index is 582. The average molecular weight is 293 g/mol. The standard InChI is InChI=1S/C16H18ClFN2/c1-11(12-4-7-14(8-5-12)20(2)3)19-16-9-6-13(17)10-15(16)18/h4-11,19H,1-3H3. The Hall–Kier alpha value is -1.74. The van der Waals surface area contributed by atoms with E-state index in [0.717, 1.165) is 11.3 Å². The summed E-state index contributed by atoms with van der Waals surface area (Å²) < 4.78 is 13.7. The van der Waals surface area contributed by atoms with E-state index in [1.807, 2.05) is 50.2 Å². The number of nitrogens with zero attached hydrogens (tertiary/aromatic N) is 1. The molecule has 1 N–H and O–H groups in total. The van der Waals surface area contributed by atoms with Gasteiger partial charge < -0.3 is 10.2 Å². The molecule has 2 aromatic rings. The number of hydrogen-bond donors (Lipinski definition) is 1. The van der Waals surface area contributed by atoms with E-state index in [-0.39, 0.29) is 11.9 Å². The predicted octanol–water partition coefficient (Wildman–Crippen LogP) is 4.72. The van der Waals surface area contributed by atoms with Crippen LogP contribution in [0.4, 0.5) is 15.8 Å². The number of hydrogen-bond acceptors (Lipinski definition) is 2. The first-order valence-corrected chi connectivity index (χ1v) is 6.84. The van der Waals surface area contributed by atoms with Crippen LogP contribution in [-0.4, -0.2) is 14.1 Å². The van der Waals surface area contributed by atoms with Crippen LogP contribution < -0.4 is 10.2 Å². The van der Waals surface area contributed by atoms with Crippen molar-refractivity contribution in [2.45, 2.75) is 13.0 Å². The molecule has 0 aromatic heterocycles. The van der Waals surface area contributed by atoms with Crippen molar-refractivity contribution in [3.05, 3.63) is 58.9 Å². The Morgan fingerprint density at radius 3 is 2.30 bits per heavy atom. The zero-order valence-electron chi connectivity index (χ0n) is 11.8. The Morgan fingerprint density at radius 1 is 1.10 bits per heavy atom.